The van der Waals surface area contributed by atoms with Crippen LogP contribution in [0, 0.1) is 23.2 Å². The Hall–Kier alpha value is -5.37. The molecule has 4 nitrogen and oxygen atoms in total. The van der Waals surface area contributed by atoms with Gasteiger partial charge in [0.2, 0.25) is 0 Å². The molecule has 1 aromatic heterocycles. The standard InChI is InChI=1S/C43H33N3O/c44-26-28-11-1-5-18-36(28)45-37-19-6-4-14-32(37)33-24-23-27(25-41(33)45)29-15-9-16-34-35-17-10-22-40(43(35)47-42(29)34)46-38-20-7-2-12-30(38)31-13-3-8-21-39(31)46/h1-10,12-25,28,33-34,40-43H,11H2. The molecule has 7 unspecified atom stereocenters. The van der Waals surface area contributed by atoms with E-state index in [4.69, 9.17) is 4.74 Å². The zero-order valence-corrected chi connectivity index (χ0v) is 25.9. The summed E-state index contributed by atoms with van der Waals surface area (Å²) in [6.07, 6.45) is 27.7. The summed E-state index contributed by atoms with van der Waals surface area (Å²) in [7, 11) is 0. The van der Waals surface area contributed by atoms with Crippen LogP contribution in [0.25, 0.3) is 21.8 Å². The molecule has 226 valence electrons. The van der Waals surface area contributed by atoms with E-state index in [2.05, 4.69) is 161 Å². The van der Waals surface area contributed by atoms with Gasteiger partial charge in [-0.1, -0.05) is 121 Å². The minimum atomic E-state index is -0.158. The lowest BCUT2D eigenvalue weighted by atomic mass is 9.79. The molecule has 4 aromatic rings. The number of allylic oxidation sites excluding steroid dienone is 9. The molecule has 4 aliphatic carbocycles. The average Bonchev–Trinajstić information content (AvgIpc) is 3.79. The van der Waals surface area contributed by atoms with E-state index >= 15 is 0 Å². The second-order valence-corrected chi connectivity index (χ2v) is 13.3. The lowest BCUT2D eigenvalue weighted by Crippen LogP contribution is -2.36. The van der Waals surface area contributed by atoms with Crippen LogP contribution in [-0.2, 0) is 4.74 Å². The molecule has 0 amide bonds. The Labute approximate surface area is 274 Å². The van der Waals surface area contributed by atoms with Crippen molar-refractivity contribution in [3.8, 4) is 6.07 Å². The molecule has 47 heavy (non-hydrogen) atoms. The molecule has 0 radical (unpaired) electrons. The highest BCUT2D eigenvalue weighted by atomic mass is 16.5. The Morgan fingerprint density at radius 3 is 2.32 bits per heavy atom. The molecule has 10 rings (SSSR count). The van der Waals surface area contributed by atoms with Gasteiger partial charge in [0.25, 0.3) is 0 Å². The Bertz CT molecular complexity index is 2230. The molecular weight excluding hydrogens is 574 g/mol. The summed E-state index contributed by atoms with van der Waals surface area (Å²) in [5.41, 5.74) is 9.87. The maximum atomic E-state index is 10.1. The number of hydrogen-bond donors (Lipinski definition) is 0. The third-order valence-corrected chi connectivity index (χ3v) is 11.0. The second-order valence-electron chi connectivity index (χ2n) is 13.3. The molecule has 0 saturated carbocycles. The third-order valence-electron chi connectivity index (χ3n) is 11.0. The largest absolute Gasteiger partial charge is 0.362 e. The normalized spacial score (nSPS) is 29.9. The first-order valence-electron chi connectivity index (χ1n) is 16.7. The highest BCUT2D eigenvalue weighted by molar-refractivity contribution is 6.08. The van der Waals surface area contributed by atoms with E-state index in [0.29, 0.717) is 0 Å². The molecule has 3 aromatic carbocycles. The number of para-hydroxylation sites is 3. The number of rotatable bonds is 3. The lowest BCUT2D eigenvalue weighted by Gasteiger charge is -2.35. The van der Waals surface area contributed by atoms with Crippen LogP contribution in [0.3, 0.4) is 0 Å². The average molecular weight is 608 g/mol. The van der Waals surface area contributed by atoms with Crippen molar-refractivity contribution in [1.29, 1.82) is 5.26 Å². The summed E-state index contributed by atoms with van der Waals surface area (Å²) >= 11 is 0. The summed E-state index contributed by atoms with van der Waals surface area (Å²) in [5.74, 6) is 0.253. The van der Waals surface area contributed by atoms with Gasteiger partial charge < -0.3 is 14.2 Å². The predicted molar refractivity (Wildman–Crippen MR) is 189 cm³/mol. The number of aromatic nitrogens is 1. The second kappa shape index (κ2) is 10.3. The minimum absolute atomic E-state index is 0.0503. The maximum absolute atomic E-state index is 10.1. The van der Waals surface area contributed by atoms with Gasteiger partial charge in [-0.2, -0.15) is 5.26 Å². The van der Waals surface area contributed by atoms with Crippen molar-refractivity contribution >= 4 is 27.5 Å². The molecule has 7 atom stereocenters. The Kier molecular flexibility index (Phi) is 5.89. The van der Waals surface area contributed by atoms with E-state index in [1.807, 2.05) is 0 Å². The molecule has 6 aliphatic rings. The van der Waals surface area contributed by atoms with Crippen LogP contribution < -0.4 is 4.90 Å². The van der Waals surface area contributed by atoms with E-state index in [1.54, 1.807) is 0 Å². The summed E-state index contributed by atoms with van der Waals surface area (Å²) < 4.78 is 9.69. The number of ether oxygens (including phenoxy) is 1. The maximum Gasteiger partial charge on any atom is 0.105 e. The molecule has 2 aliphatic heterocycles. The van der Waals surface area contributed by atoms with Crippen molar-refractivity contribution in [1.82, 2.24) is 4.57 Å². The molecule has 1 saturated heterocycles. The summed E-state index contributed by atoms with van der Waals surface area (Å²) in [6, 6.07) is 28.9. The molecule has 0 spiro atoms. The number of fused-ring (bicyclic) bond motifs is 9. The van der Waals surface area contributed by atoms with E-state index in [1.165, 1.54) is 49.8 Å². The number of anilines is 1. The number of benzene rings is 3. The zero-order valence-electron chi connectivity index (χ0n) is 25.9. The first-order chi connectivity index (χ1) is 23.3. The van der Waals surface area contributed by atoms with Crippen LogP contribution in [0.4, 0.5) is 5.69 Å². The van der Waals surface area contributed by atoms with Crippen molar-refractivity contribution in [3.05, 3.63) is 174 Å². The third kappa shape index (κ3) is 3.84. The lowest BCUT2D eigenvalue weighted by molar-refractivity contribution is 0.0480. The number of nitriles is 1. The fraction of sp³-hybridized carbons (Fsp3) is 0.186. The molecular formula is C43H33N3O. The quantitative estimate of drug-likeness (QED) is 0.233. The monoisotopic (exact) mass is 607 g/mol. The van der Waals surface area contributed by atoms with Gasteiger partial charge in [0.1, 0.15) is 6.10 Å². The van der Waals surface area contributed by atoms with Crippen LogP contribution in [-0.4, -0.2) is 22.8 Å². The van der Waals surface area contributed by atoms with Gasteiger partial charge in [0.15, 0.2) is 0 Å². The zero-order chi connectivity index (χ0) is 31.1. The van der Waals surface area contributed by atoms with Crippen LogP contribution in [0.5, 0.6) is 0 Å². The fourth-order valence-electron chi connectivity index (χ4n) is 8.98. The van der Waals surface area contributed by atoms with Crippen LogP contribution in [0.1, 0.15) is 23.9 Å². The van der Waals surface area contributed by atoms with Crippen molar-refractivity contribution in [2.24, 2.45) is 11.8 Å². The van der Waals surface area contributed by atoms with E-state index in [9.17, 15) is 5.26 Å². The topological polar surface area (TPSA) is 41.2 Å². The summed E-state index contributed by atoms with van der Waals surface area (Å²) in [5, 5.41) is 12.7. The smallest absolute Gasteiger partial charge is 0.105 e. The predicted octanol–water partition coefficient (Wildman–Crippen LogP) is 9.16. The van der Waals surface area contributed by atoms with Crippen molar-refractivity contribution < 1.29 is 4.74 Å². The SMILES string of the molecule is N#CC1CC=CC=C1N1c2ccccc2C2C=CC(C3=CC=CC4C5=CC=CC(n6c7ccccc7c7ccccc76)C5OC34)=CC21. The van der Waals surface area contributed by atoms with Gasteiger partial charge in [-0.15, -0.1) is 0 Å². The highest BCUT2D eigenvalue weighted by Crippen LogP contribution is 2.51. The van der Waals surface area contributed by atoms with E-state index < -0.39 is 0 Å². The van der Waals surface area contributed by atoms with Crippen molar-refractivity contribution in [3.63, 3.8) is 0 Å². The Morgan fingerprint density at radius 2 is 1.49 bits per heavy atom. The minimum Gasteiger partial charge on any atom is -0.362 e. The van der Waals surface area contributed by atoms with Gasteiger partial charge in [-0.3, -0.25) is 0 Å². The Morgan fingerprint density at radius 1 is 0.723 bits per heavy atom. The molecule has 3 heterocycles. The van der Waals surface area contributed by atoms with Crippen molar-refractivity contribution in [2.75, 3.05) is 4.90 Å². The molecule has 0 bridgehead atoms. The van der Waals surface area contributed by atoms with Gasteiger partial charge in [-0.05, 0) is 53.0 Å². The summed E-state index contributed by atoms with van der Waals surface area (Å²) in [6.45, 7) is 0. The van der Waals surface area contributed by atoms with Gasteiger partial charge in [0, 0.05) is 45.0 Å². The van der Waals surface area contributed by atoms with Crippen LogP contribution in [0.2, 0.25) is 0 Å². The number of nitrogens with zero attached hydrogens (tertiary/aromatic N) is 3. The van der Waals surface area contributed by atoms with E-state index in [-0.39, 0.29) is 42.0 Å². The Balaban J connectivity index is 1.03. The van der Waals surface area contributed by atoms with E-state index in [0.717, 1.165) is 12.1 Å². The highest BCUT2D eigenvalue weighted by Gasteiger charge is 2.47. The molecule has 1 fully saturated rings. The van der Waals surface area contributed by atoms with Gasteiger partial charge >= 0.3 is 0 Å². The molecule has 0 N–H and O–H groups in total. The molecule has 4 heteroatoms. The fourth-order valence-corrected chi connectivity index (χ4v) is 8.98. The van der Waals surface area contributed by atoms with Gasteiger partial charge in [0.05, 0.1) is 30.2 Å². The van der Waals surface area contributed by atoms with Crippen molar-refractivity contribution in [2.45, 2.75) is 36.6 Å². The summed E-state index contributed by atoms with van der Waals surface area (Å²) in [4.78, 5) is 2.43. The number of hydrogen-bond acceptors (Lipinski definition) is 3. The first-order valence-corrected chi connectivity index (χ1v) is 16.7. The van der Waals surface area contributed by atoms with Gasteiger partial charge in [-0.25, -0.2) is 0 Å². The van der Waals surface area contributed by atoms with Crippen LogP contribution >= 0.6 is 0 Å². The van der Waals surface area contributed by atoms with Crippen LogP contribution in [0.15, 0.2) is 168 Å². The first kappa shape index (κ1) is 26.8.